The smallest absolute Gasteiger partial charge is 0.328 e. The molecule has 3 amide bonds. The van der Waals surface area contributed by atoms with E-state index in [9.17, 15) is 19.2 Å². The Morgan fingerprint density at radius 2 is 1.71 bits per heavy atom. The van der Waals surface area contributed by atoms with Gasteiger partial charge in [0, 0.05) is 30.0 Å². The van der Waals surface area contributed by atoms with E-state index < -0.39 is 29.9 Å². The highest BCUT2D eigenvalue weighted by Crippen LogP contribution is 2.44. The topological polar surface area (TPSA) is 153 Å². The summed E-state index contributed by atoms with van der Waals surface area (Å²) in [6.45, 7) is 7.60. The summed E-state index contributed by atoms with van der Waals surface area (Å²) < 4.78 is 4.90. The zero-order chi connectivity index (χ0) is 32.5. The number of nitrogens with zero attached hydrogens (tertiary/aromatic N) is 1. The lowest BCUT2D eigenvalue weighted by Gasteiger charge is -2.24. The fourth-order valence-corrected chi connectivity index (χ4v) is 5.62. The maximum Gasteiger partial charge on any atom is 0.328 e. The van der Waals surface area contributed by atoms with Gasteiger partial charge in [-0.05, 0) is 48.3 Å². The molecule has 1 aromatic heterocycles. The van der Waals surface area contributed by atoms with Gasteiger partial charge in [-0.15, -0.1) is 0 Å². The number of nitrogens with one attached hydrogen (secondary N) is 3. The summed E-state index contributed by atoms with van der Waals surface area (Å²) in [5, 5.41) is 9.68. The number of pyridine rings is 1. The number of benzene rings is 2. The molecule has 0 spiro atoms. The lowest BCUT2D eigenvalue weighted by molar-refractivity contribution is -0.146. The third-order valence-corrected chi connectivity index (χ3v) is 8.47. The second-order valence-electron chi connectivity index (χ2n) is 11.9. The Hall–Kier alpha value is -4.73. The molecule has 10 nitrogen and oxygen atoms in total. The van der Waals surface area contributed by atoms with E-state index in [0.717, 1.165) is 17.4 Å². The van der Waals surface area contributed by atoms with Crippen LogP contribution in [0.25, 0.3) is 10.9 Å². The molecular formula is C35H43N5O5. The summed E-state index contributed by atoms with van der Waals surface area (Å²) in [7, 11) is 1.31. The van der Waals surface area contributed by atoms with Gasteiger partial charge in [-0.3, -0.25) is 14.4 Å². The van der Waals surface area contributed by atoms with Gasteiger partial charge < -0.3 is 26.4 Å². The normalized spacial score (nSPS) is 18.1. The first kappa shape index (κ1) is 33.2. The van der Waals surface area contributed by atoms with Crippen LogP contribution in [-0.2, 0) is 25.5 Å². The van der Waals surface area contributed by atoms with Crippen molar-refractivity contribution in [3.63, 3.8) is 0 Å². The standard InChI is InChI=1S/C35H43N5O5/c1-5-21(2)32(35(44)45-4)40-31(41)20-25-19-26(25)29(18-23-11-7-6-8-12-23)38-34(43)30(17-22(3)36)39-33(42)28-16-15-24-13-9-10-14-27(24)37-28/h6-16,21,25-26,29-30,32H,3,5,17-20,36H2,1-2,4H3,(H,38,43)(H,39,42)(H,40,41)/t21?,25-,26-,29?,30-,32-/m0/s1. The van der Waals surface area contributed by atoms with E-state index in [1.54, 1.807) is 6.07 Å². The van der Waals surface area contributed by atoms with E-state index in [1.807, 2.05) is 74.5 Å². The molecule has 238 valence electrons. The van der Waals surface area contributed by atoms with Gasteiger partial charge >= 0.3 is 5.97 Å². The minimum atomic E-state index is -0.974. The number of fused-ring (bicyclic) bond motifs is 1. The Labute approximate surface area is 264 Å². The van der Waals surface area contributed by atoms with Crippen molar-refractivity contribution in [2.75, 3.05) is 7.11 Å². The van der Waals surface area contributed by atoms with Gasteiger partial charge in [0.05, 0.1) is 12.6 Å². The van der Waals surface area contributed by atoms with Crippen molar-refractivity contribution in [2.45, 2.75) is 64.1 Å². The summed E-state index contributed by atoms with van der Waals surface area (Å²) in [5.41, 5.74) is 8.05. The van der Waals surface area contributed by atoms with E-state index in [1.165, 1.54) is 7.11 Å². The number of nitrogens with two attached hydrogens (primary N) is 1. The molecule has 45 heavy (non-hydrogen) atoms. The Kier molecular flexibility index (Phi) is 11.3. The molecular weight excluding hydrogens is 570 g/mol. The number of hydrogen-bond donors (Lipinski definition) is 4. The summed E-state index contributed by atoms with van der Waals surface area (Å²) in [4.78, 5) is 56.6. The zero-order valence-electron chi connectivity index (χ0n) is 26.1. The molecule has 3 aromatic rings. The van der Waals surface area contributed by atoms with E-state index in [-0.39, 0.29) is 53.9 Å². The van der Waals surface area contributed by atoms with Crippen LogP contribution in [0.15, 0.2) is 79.0 Å². The Morgan fingerprint density at radius 1 is 1.00 bits per heavy atom. The van der Waals surface area contributed by atoms with E-state index >= 15 is 0 Å². The van der Waals surface area contributed by atoms with Gasteiger partial charge in [0.1, 0.15) is 17.8 Å². The van der Waals surface area contributed by atoms with Crippen molar-refractivity contribution >= 4 is 34.6 Å². The summed E-state index contributed by atoms with van der Waals surface area (Å²) >= 11 is 0. The monoisotopic (exact) mass is 613 g/mol. The number of ether oxygens (including phenoxy) is 1. The molecule has 6 atom stereocenters. The van der Waals surface area contributed by atoms with E-state index in [0.29, 0.717) is 18.4 Å². The SMILES string of the molecule is C=C(N)C[C@H](NC(=O)c1ccc2ccccc2n1)C(=O)NC(Cc1ccccc1)[C@H]1C[C@H]1CC(=O)N[C@H](C(=O)OC)C(C)CC. The minimum Gasteiger partial charge on any atom is -0.467 e. The zero-order valence-corrected chi connectivity index (χ0v) is 26.1. The Bertz CT molecular complexity index is 1530. The van der Waals surface area contributed by atoms with Crippen LogP contribution in [0.4, 0.5) is 0 Å². The molecule has 1 heterocycles. The number of carbonyl (C=O) groups is 4. The molecule has 2 aromatic carbocycles. The first-order chi connectivity index (χ1) is 21.6. The Balaban J connectivity index is 1.46. The Morgan fingerprint density at radius 3 is 2.40 bits per heavy atom. The van der Waals surface area contributed by atoms with Crippen LogP contribution in [0.1, 0.15) is 55.6 Å². The van der Waals surface area contributed by atoms with E-state index in [4.69, 9.17) is 10.5 Å². The number of para-hydroxylation sites is 1. The highest BCUT2D eigenvalue weighted by atomic mass is 16.5. The molecule has 5 N–H and O–H groups in total. The molecule has 1 saturated carbocycles. The van der Waals surface area contributed by atoms with Gasteiger partial charge in [0.15, 0.2) is 0 Å². The molecule has 10 heteroatoms. The summed E-state index contributed by atoms with van der Waals surface area (Å²) in [5.74, 6) is -1.61. The third kappa shape index (κ3) is 9.14. The largest absolute Gasteiger partial charge is 0.467 e. The highest BCUT2D eigenvalue weighted by molar-refractivity contribution is 5.98. The van der Waals surface area contributed by atoms with Gasteiger partial charge in [-0.2, -0.15) is 0 Å². The fraction of sp³-hybridized carbons (Fsp3) is 0.400. The van der Waals surface area contributed by atoms with Crippen molar-refractivity contribution in [1.29, 1.82) is 0 Å². The average molecular weight is 614 g/mol. The van der Waals surface area contributed by atoms with Crippen LogP contribution >= 0.6 is 0 Å². The van der Waals surface area contributed by atoms with Crippen LogP contribution in [0.3, 0.4) is 0 Å². The van der Waals surface area contributed by atoms with Gasteiger partial charge in [0.2, 0.25) is 11.8 Å². The number of carbonyl (C=O) groups excluding carboxylic acids is 4. The quantitative estimate of drug-likeness (QED) is 0.191. The number of amides is 3. The molecule has 0 saturated heterocycles. The molecule has 1 aliphatic carbocycles. The number of esters is 1. The van der Waals surface area contributed by atoms with Gasteiger partial charge in [-0.1, -0.05) is 81.4 Å². The van der Waals surface area contributed by atoms with Crippen LogP contribution in [0.5, 0.6) is 0 Å². The predicted octanol–water partition coefficient (Wildman–Crippen LogP) is 3.65. The van der Waals surface area contributed by atoms with Crippen LogP contribution in [0, 0.1) is 17.8 Å². The second kappa shape index (κ2) is 15.3. The van der Waals surface area contributed by atoms with Crippen molar-refractivity contribution < 1.29 is 23.9 Å². The first-order valence-corrected chi connectivity index (χ1v) is 15.4. The van der Waals surface area contributed by atoms with Crippen LogP contribution < -0.4 is 21.7 Å². The van der Waals surface area contributed by atoms with Gasteiger partial charge in [-0.25, -0.2) is 9.78 Å². The second-order valence-corrected chi connectivity index (χ2v) is 11.9. The van der Waals surface area contributed by atoms with Crippen molar-refractivity contribution in [3.05, 3.63) is 90.3 Å². The average Bonchev–Trinajstić information content (AvgIpc) is 3.80. The maximum absolute atomic E-state index is 13.7. The molecule has 0 aliphatic heterocycles. The molecule has 0 radical (unpaired) electrons. The predicted molar refractivity (Wildman–Crippen MR) is 173 cm³/mol. The van der Waals surface area contributed by atoms with Crippen LogP contribution in [0.2, 0.25) is 0 Å². The molecule has 0 bridgehead atoms. The summed E-state index contributed by atoms with van der Waals surface area (Å²) in [6, 6.07) is 18.7. The van der Waals surface area contributed by atoms with Crippen molar-refractivity contribution in [3.8, 4) is 0 Å². The molecule has 1 fully saturated rings. The lowest BCUT2D eigenvalue weighted by Crippen LogP contribution is -2.51. The number of methoxy groups -OCH3 is 1. The highest BCUT2D eigenvalue weighted by Gasteiger charge is 2.45. The van der Waals surface area contributed by atoms with Crippen molar-refractivity contribution in [2.24, 2.45) is 23.5 Å². The molecule has 4 rings (SSSR count). The van der Waals surface area contributed by atoms with E-state index in [2.05, 4.69) is 27.5 Å². The van der Waals surface area contributed by atoms with Gasteiger partial charge in [0.25, 0.3) is 5.91 Å². The number of rotatable bonds is 15. The fourth-order valence-electron chi connectivity index (χ4n) is 5.62. The number of aromatic nitrogens is 1. The third-order valence-electron chi connectivity index (χ3n) is 8.47. The molecule has 1 aliphatic rings. The number of hydrogen-bond acceptors (Lipinski definition) is 7. The maximum atomic E-state index is 13.7. The van der Waals surface area contributed by atoms with Crippen molar-refractivity contribution in [1.82, 2.24) is 20.9 Å². The molecule has 2 unspecified atom stereocenters. The summed E-state index contributed by atoms with van der Waals surface area (Å²) in [6.07, 6.45) is 2.26. The minimum absolute atomic E-state index is 0.0218. The first-order valence-electron chi connectivity index (χ1n) is 15.4. The van der Waals surface area contributed by atoms with Crippen LogP contribution in [-0.4, -0.2) is 53.9 Å². The lowest BCUT2D eigenvalue weighted by atomic mass is 9.98.